The molecule has 7 heteroatoms. The quantitative estimate of drug-likeness (QED) is 0.608. The Bertz CT molecular complexity index is 959. The molecule has 0 N–H and O–H groups in total. The summed E-state index contributed by atoms with van der Waals surface area (Å²) >= 11 is 7.82. The van der Waals surface area contributed by atoms with Crippen LogP contribution < -0.4 is 4.90 Å². The van der Waals surface area contributed by atoms with Crippen LogP contribution in [0.5, 0.6) is 0 Å². The molecule has 1 aromatic carbocycles. The van der Waals surface area contributed by atoms with Crippen LogP contribution in [0.15, 0.2) is 36.7 Å². The Morgan fingerprint density at radius 2 is 1.55 bits per heavy atom. The van der Waals surface area contributed by atoms with Gasteiger partial charge in [0.05, 0.1) is 10.2 Å². The minimum atomic E-state index is 0.762. The fraction of sp³-hybridized carbons (Fsp3) is 0.455. The second kappa shape index (κ2) is 8.56. The summed E-state index contributed by atoms with van der Waals surface area (Å²) in [5.74, 6) is 1.08. The Morgan fingerprint density at radius 3 is 2.28 bits per heavy atom. The Balaban J connectivity index is 1.28. The first kappa shape index (κ1) is 19.2. The molecule has 0 amide bonds. The summed E-state index contributed by atoms with van der Waals surface area (Å²) in [7, 11) is 0. The van der Waals surface area contributed by atoms with Crippen LogP contribution in [0, 0.1) is 0 Å². The van der Waals surface area contributed by atoms with Crippen molar-refractivity contribution < 1.29 is 0 Å². The number of likely N-dealkylation sites (tertiary alicyclic amines) is 1. The average molecular weight is 428 g/mol. The van der Waals surface area contributed by atoms with Crippen LogP contribution >= 0.6 is 22.9 Å². The Labute approximate surface area is 180 Å². The molecule has 152 valence electrons. The molecule has 4 heterocycles. The van der Waals surface area contributed by atoms with Gasteiger partial charge >= 0.3 is 0 Å². The molecule has 2 fully saturated rings. The number of benzene rings is 1. The van der Waals surface area contributed by atoms with Crippen molar-refractivity contribution in [2.24, 2.45) is 0 Å². The van der Waals surface area contributed by atoms with E-state index in [0.717, 1.165) is 42.5 Å². The number of anilines is 1. The molecule has 0 aliphatic carbocycles. The molecular weight excluding hydrogens is 402 g/mol. The highest BCUT2D eigenvalue weighted by Crippen LogP contribution is 2.37. The van der Waals surface area contributed by atoms with E-state index in [2.05, 4.69) is 42.9 Å². The zero-order valence-electron chi connectivity index (χ0n) is 16.6. The van der Waals surface area contributed by atoms with Gasteiger partial charge < -0.3 is 9.80 Å². The molecule has 5 rings (SSSR count). The summed E-state index contributed by atoms with van der Waals surface area (Å²) < 4.78 is 1.18. The number of hydrogen-bond donors (Lipinski definition) is 0. The third-order valence-electron chi connectivity index (χ3n) is 6.02. The van der Waals surface area contributed by atoms with Crippen LogP contribution in [-0.4, -0.2) is 72.1 Å². The smallest absolute Gasteiger partial charge is 0.150 e. The average Bonchev–Trinajstić information content (AvgIpc) is 3.43. The molecule has 0 unspecified atom stereocenters. The molecule has 5 nitrogen and oxygen atoms in total. The van der Waals surface area contributed by atoms with Gasteiger partial charge in [-0.25, -0.2) is 9.97 Å². The molecule has 0 atom stereocenters. The van der Waals surface area contributed by atoms with E-state index >= 15 is 0 Å². The van der Waals surface area contributed by atoms with Crippen molar-refractivity contribution >= 4 is 39.0 Å². The third kappa shape index (κ3) is 4.26. The number of piperazine rings is 1. The van der Waals surface area contributed by atoms with Crippen molar-refractivity contribution in [2.75, 3.05) is 57.3 Å². The molecule has 2 aliphatic heterocycles. The minimum Gasteiger partial charge on any atom is -0.353 e. The van der Waals surface area contributed by atoms with E-state index in [4.69, 9.17) is 11.6 Å². The monoisotopic (exact) mass is 427 g/mol. The fourth-order valence-electron chi connectivity index (χ4n) is 4.30. The van der Waals surface area contributed by atoms with Gasteiger partial charge in [-0.1, -0.05) is 23.7 Å². The lowest BCUT2D eigenvalue weighted by Gasteiger charge is -2.36. The second-order valence-electron chi connectivity index (χ2n) is 7.91. The maximum Gasteiger partial charge on any atom is 0.150 e. The molecule has 2 saturated heterocycles. The van der Waals surface area contributed by atoms with E-state index in [1.807, 2.05) is 12.1 Å². The van der Waals surface area contributed by atoms with Gasteiger partial charge in [0.1, 0.15) is 12.1 Å². The lowest BCUT2D eigenvalue weighted by molar-refractivity contribution is 0.215. The SMILES string of the molecule is Clc1ccc(-c2cc3ncnc(N4CCN(CCN5CCCC5)CC4)c3s2)cc1. The molecule has 0 bridgehead atoms. The Morgan fingerprint density at radius 1 is 0.862 bits per heavy atom. The number of thiophene rings is 1. The van der Waals surface area contributed by atoms with Gasteiger partial charge in [-0.15, -0.1) is 11.3 Å². The summed E-state index contributed by atoms with van der Waals surface area (Å²) in [6, 6.07) is 10.2. The minimum absolute atomic E-state index is 0.762. The number of hydrogen-bond acceptors (Lipinski definition) is 6. The highest BCUT2D eigenvalue weighted by atomic mass is 35.5. The van der Waals surface area contributed by atoms with Crippen LogP contribution in [0.2, 0.25) is 5.02 Å². The van der Waals surface area contributed by atoms with Gasteiger partial charge in [0, 0.05) is 49.2 Å². The van der Waals surface area contributed by atoms with Crippen LogP contribution in [0.3, 0.4) is 0 Å². The Kier molecular flexibility index (Phi) is 5.68. The summed E-state index contributed by atoms with van der Waals surface area (Å²) in [5, 5.41) is 0.762. The van der Waals surface area contributed by atoms with E-state index in [1.165, 1.54) is 54.2 Å². The first-order chi connectivity index (χ1) is 14.3. The van der Waals surface area contributed by atoms with Crippen LogP contribution in [0.25, 0.3) is 20.7 Å². The van der Waals surface area contributed by atoms with Crippen molar-refractivity contribution in [1.82, 2.24) is 19.8 Å². The summed E-state index contributed by atoms with van der Waals surface area (Å²) in [6.07, 6.45) is 4.45. The van der Waals surface area contributed by atoms with E-state index in [1.54, 1.807) is 17.7 Å². The summed E-state index contributed by atoms with van der Waals surface area (Å²) in [6.45, 7) is 9.24. The molecule has 2 aromatic heterocycles. The van der Waals surface area contributed by atoms with E-state index in [9.17, 15) is 0 Å². The van der Waals surface area contributed by atoms with Gasteiger partial charge in [0.25, 0.3) is 0 Å². The summed E-state index contributed by atoms with van der Waals surface area (Å²) in [4.78, 5) is 18.0. The zero-order chi connectivity index (χ0) is 19.6. The molecule has 0 saturated carbocycles. The maximum atomic E-state index is 6.04. The molecular formula is C22H26ClN5S. The first-order valence-electron chi connectivity index (χ1n) is 10.5. The molecule has 29 heavy (non-hydrogen) atoms. The number of rotatable bonds is 5. The van der Waals surface area contributed by atoms with Crippen molar-refractivity contribution in [2.45, 2.75) is 12.8 Å². The van der Waals surface area contributed by atoms with Gasteiger partial charge in [-0.2, -0.15) is 0 Å². The molecule has 0 spiro atoms. The molecule has 2 aliphatic rings. The predicted molar refractivity (Wildman–Crippen MR) is 122 cm³/mol. The van der Waals surface area contributed by atoms with Gasteiger partial charge in [-0.3, -0.25) is 4.90 Å². The van der Waals surface area contributed by atoms with Gasteiger partial charge in [0.2, 0.25) is 0 Å². The van der Waals surface area contributed by atoms with E-state index < -0.39 is 0 Å². The largest absolute Gasteiger partial charge is 0.353 e. The third-order valence-corrected chi connectivity index (χ3v) is 7.45. The lowest BCUT2D eigenvalue weighted by atomic mass is 10.2. The van der Waals surface area contributed by atoms with Crippen molar-refractivity contribution in [1.29, 1.82) is 0 Å². The highest BCUT2D eigenvalue weighted by molar-refractivity contribution is 7.22. The van der Waals surface area contributed by atoms with E-state index in [-0.39, 0.29) is 0 Å². The zero-order valence-corrected chi connectivity index (χ0v) is 18.1. The van der Waals surface area contributed by atoms with E-state index in [0.29, 0.717) is 0 Å². The second-order valence-corrected chi connectivity index (χ2v) is 9.40. The normalized spacial score (nSPS) is 18.7. The maximum absolute atomic E-state index is 6.04. The predicted octanol–water partition coefficient (Wildman–Crippen LogP) is 4.23. The number of fused-ring (bicyclic) bond motifs is 1. The number of halogens is 1. The molecule has 0 radical (unpaired) electrons. The number of nitrogens with zero attached hydrogens (tertiary/aromatic N) is 5. The lowest BCUT2D eigenvalue weighted by Crippen LogP contribution is -2.48. The van der Waals surface area contributed by atoms with Crippen LogP contribution in [0.1, 0.15) is 12.8 Å². The van der Waals surface area contributed by atoms with Crippen molar-refractivity contribution in [3.63, 3.8) is 0 Å². The van der Waals surface area contributed by atoms with Gasteiger partial charge in [-0.05, 0) is 49.7 Å². The molecule has 3 aromatic rings. The van der Waals surface area contributed by atoms with Gasteiger partial charge in [0.15, 0.2) is 0 Å². The van der Waals surface area contributed by atoms with Crippen molar-refractivity contribution in [3.05, 3.63) is 41.7 Å². The van der Waals surface area contributed by atoms with Crippen molar-refractivity contribution in [3.8, 4) is 10.4 Å². The van der Waals surface area contributed by atoms with Crippen LogP contribution in [0.4, 0.5) is 5.82 Å². The first-order valence-corrected chi connectivity index (χ1v) is 11.7. The highest BCUT2D eigenvalue weighted by Gasteiger charge is 2.22. The van der Waals surface area contributed by atoms with Crippen LogP contribution in [-0.2, 0) is 0 Å². The number of aromatic nitrogens is 2. The summed E-state index contributed by atoms with van der Waals surface area (Å²) in [5.41, 5.74) is 2.21. The standard InChI is InChI=1S/C22H26ClN5S/c23-18-5-3-17(4-6-18)20-15-19-21(29-20)22(25-16-24-19)28-13-11-27(12-14-28)10-9-26-7-1-2-8-26/h3-6,15-16H,1-2,7-14H2. The topological polar surface area (TPSA) is 35.5 Å². The Hall–Kier alpha value is -1.73. The fourth-order valence-corrected chi connectivity index (χ4v) is 5.56.